The summed E-state index contributed by atoms with van der Waals surface area (Å²) < 4.78 is 0. The van der Waals surface area contributed by atoms with Crippen LogP contribution in [-0.2, 0) is 0 Å². The lowest BCUT2D eigenvalue weighted by atomic mass is 10.1. The van der Waals surface area contributed by atoms with E-state index in [4.69, 9.17) is 5.11 Å². The van der Waals surface area contributed by atoms with Crippen molar-refractivity contribution in [2.45, 2.75) is 19.9 Å². The van der Waals surface area contributed by atoms with Crippen LogP contribution in [0.3, 0.4) is 0 Å². The maximum atomic E-state index is 11.1. The fourth-order valence-electron chi connectivity index (χ4n) is 2.32. The molecule has 1 fully saturated rings. The van der Waals surface area contributed by atoms with Crippen LogP contribution < -0.4 is 4.90 Å². The van der Waals surface area contributed by atoms with Crippen LogP contribution in [0.5, 0.6) is 0 Å². The third-order valence-electron chi connectivity index (χ3n) is 3.78. The molecule has 98 valence electrons. The third kappa shape index (κ3) is 2.48. The van der Waals surface area contributed by atoms with Crippen LogP contribution >= 0.6 is 0 Å². The molecule has 0 amide bonds. The van der Waals surface area contributed by atoms with E-state index in [-0.39, 0.29) is 0 Å². The van der Waals surface area contributed by atoms with Gasteiger partial charge in [0.15, 0.2) is 0 Å². The van der Waals surface area contributed by atoms with Gasteiger partial charge in [0.05, 0.1) is 5.56 Å². The van der Waals surface area contributed by atoms with Gasteiger partial charge in [0.1, 0.15) is 0 Å². The lowest BCUT2D eigenvalue weighted by Gasteiger charge is -2.39. The number of aryl methyl sites for hydroxylation is 1. The second-order valence-electron chi connectivity index (χ2n) is 5.08. The molecule has 1 aromatic rings. The number of carboxylic acid groups (broad SMARTS) is 1. The van der Waals surface area contributed by atoms with Crippen molar-refractivity contribution in [2.24, 2.45) is 0 Å². The normalized spacial score (nSPS) is 21.1. The maximum Gasteiger partial charge on any atom is 0.336 e. The Morgan fingerprint density at radius 3 is 2.72 bits per heavy atom. The number of piperazine rings is 1. The van der Waals surface area contributed by atoms with Gasteiger partial charge >= 0.3 is 5.97 Å². The van der Waals surface area contributed by atoms with Gasteiger partial charge in [-0.2, -0.15) is 0 Å². The molecule has 4 heteroatoms. The van der Waals surface area contributed by atoms with E-state index < -0.39 is 5.97 Å². The van der Waals surface area contributed by atoms with Crippen molar-refractivity contribution >= 4 is 11.7 Å². The van der Waals surface area contributed by atoms with E-state index in [0.717, 1.165) is 30.9 Å². The van der Waals surface area contributed by atoms with Gasteiger partial charge in [0.25, 0.3) is 0 Å². The molecule has 0 spiro atoms. The molecule has 0 radical (unpaired) electrons. The maximum absolute atomic E-state index is 11.1. The average molecular weight is 248 g/mol. The van der Waals surface area contributed by atoms with E-state index in [1.54, 1.807) is 6.07 Å². The summed E-state index contributed by atoms with van der Waals surface area (Å²) in [6.07, 6.45) is 0. The highest BCUT2D eigenvalue weighted by Gasteiger charge is 2.21. The Morgan fingerprint density at radius 2 is 2.11 bits per heavy atom. The zero-order valence-electron chi connectivity index (χ0n) is 11.2. The van der Waals surface area contributed by atoms with Crippen molar-refractivity contribution in [3.8, 4) is 0 Å². The Bertz CT molecular complexity index is 459. The summed E-state index contributed by atoms with van der Waals surface area (Å²) in [5, 5.41) is 9.16. The molecule has 0 unspecified atom stereocenters. The number of carboxylic acids is 1. The third-order valence-corrected chi connectivity index (χ3v) is 3.78. The number of hydrogen-bond acceptors (Lipinski definition) is 3. The SMILES string of the molecule is Cc1ccc(N2CCN(C)[C@H](C)C2)cc1C(=O)O. The summed E-state index contributed by atoms with van der Waals surface area (Å²) in [4.78, 5) is 15.7. The first-order valence-electron chi connectivity index (χ1n) is 6.28. The van der Waals surface area contributed by atoms with Crippen molar-refractivity contribution < 1.29 is 9.90 Å². The van der Waals surface area contributed by atoms with Gasteiger partial charge in [-0.1, -0.05) is 6.07 Å². The molecule has 0 saturated carbocycles. The fourth-order valence-corrected chi connectivity index (χ4v) is 2.32. The van der Waals surface area contributed by atoms with E-state index >= 15 is 0 Å². The molecule has 1 N–H and O–H groups in total. The van der Waals surface area contributed by atoms with Crippen LogP contribution in [0.15, 0.2) is 18.2 Å². The van der Waals surface area contributed by atoms with Crippen molar-refractivity contribution in [3.05, 3.63) is 29.3 Å². The highest BCUT2D eigenvalue weighted by atomic mass is 16.4. The van der Waals surface area contributed by atoms with Crippen molar-refractivity contribution in [1.29, 1.82) is 0 Å². The number of aromatic carboxylic acids is 1. The summed E-state index contributed by atoms with van der Waals surface area (Å²) in [5.74, 6) is -0.850. The minimum Gasteiger partial charge on any atom is -0.478 e. The van der Waals surface area contributed by atoms with Crippen molar-refractivity contribution in [2.75, 3.05) is 31.6 Å². The van der Waals surface area contributed by atoms with E-state index in [9.17, 15) is 4.79 Å². The molecule has 0 bridgehead atoms. The molecule has 4 nitrogen and oxygen atoms in total. The van der Waals surface area contributed by atoms with Crippen LogP contribution in [0.25, 0.3) is 0 Å². The molecule has 1 aromatic carbocycles. The number of nitrogens with zero attached hydrogens (tertiary/aromatic N) is 2. The number of benzene rings is 1. The largest absolute Gasteiger partial charge is 0.478 e. The minimum absolute atomic E-state index is 0.402. The Kier molecular flexibility index (Phi) is 3.57. The molecule has 2 rings (SSSR count). The van der Waals surface area contributed by atoms with Crippen LogP contribution in [0.1, 0.15) is 22.8 Å². The molecular weight excluding hydrogens is 228 g/mol. The van der Waals surface area contributed by atoms with Crippen LogP contribution in [0, 0.1) is 6.92 Å². The highest BCUT2D eigenvalue weighted by molar-refractivity contribution is 5.90. The molecular formula is C14H20N2O2. The first-order valence-corrected chi connectivity index (χ1v) is 6.28. The lowest BCUT2D eigenvalue weighted by molar-refractivity contribution is 0.0696. The van der Waals surface area contributed by atoms with Crippen LogP contribution in [0.4, 0.5) is 5.69 Å². The summed E-state index contributed by atoms with van der Waals surface area (Å²) in [6.45, 7) is 6.93. The number of carbonyl (C=O) groups is 1. The smallest absolute Gasteiger partial charge is 0.336 e. The molecule has 1 saturated heterocycles. The quantitative estimate of drug-likeness (QED) is 0.867. The van der Waals surface area contributed by atoms with Crippen molar-refractivity contribution in [3.63, 3.8) is 0 Å². The number of hydrogen-bond donors (Lipinski definition) is 1. The predicted octanol–water partition coefficient (Wildman–Crippen LogP) is 1.83. The summed E-state index contributed by atoms with van der Waals surface area (Å²) in [7, 11) is 2.12. The van der Waals surface area contributed by atoms with Gasteiger partial charge in [-0.25, -0.2) is 4.79 Å². The molecule has 1 aliphatic heterocycles. The summed E-state index contributed by atoms with van der Waals surface area (Å²) in [6, 6.07) is 6.19. The molecule has 0 aromatic heterocycles. The standard InChI is InChI=1S/C14H20N2O2/c1-10-4-5-12(8-13(10)14(17)18)16-7-6-15(3)11(2)9-16/h4-5,8,11H,6-7,9H2,1-3H3,(H,17,18)/t11-/m1/s1. The monoisotopic (exact) mass is 248 g/mol. The minimum atomic E-state index is -0.850. The van der Waals surface area contributed by atoms with E-state index in [0.29, 0.717) is 11.6 Å². The van der Waals surface area contributed by atoms with Gasteiger partial charge in [-0.15, -0.1) is 0 Å². The molecule has 0 aliphatic carbocycles. The van der Waals surface area contributed by atoms with Gasteiger partial charge in [0.2, 0.25) is 0 Å². The Hall–Kier alpha value is -1.55. The first kappa shape index (κ1) is 12.9. The molecule has 1 atom stereocenters. The van der Waals surface area contributed by atoms with Crippen LogP contribution in [-0.4, -0.2) is 48.7 Å². The van der Waals surface area contributed by atoms with E-state index in [2.05, 4.69) is 23.8 Å². The van der Waals surface area contributed by atoms with Gasteiger partial charge in [-0.3, -0.25) is 0 Å². The number of anilines is 1. The Morgan fingerprint density at radius 1 is 1.39 bits per heavy atom. The fraction of sp³-hybridized carbons (Fsp3) is 0.500. The number of rotatable bonds is 2. The molecule has 18 heavy (non-hydrogen) atoms. The van der Waals surface area contributed by atoms with E-state index in [1.165, 1.54) is 0 Å². The van der Waals surface area contributed by atoms with Crippen LogP contribution in [0.2, 0.25) is 0 Å². The second kappa shape index (κ2) is 4.98. The topological polar surface area (TPSA) is 43.8 Å². The van der Waals surface area contributed by atoms with Gasteiger partial charge in [0, 0.05) is 31.4 Å². The Balaban J connectivity index is 2.24. The predicted molar refractivity (Wildman–Crippen MR) is 72.4 cm³/mol. The van der Waals surface area contributed by atoms with Crippen molar-refractivity contribution in [1.82, 2.24) is 4.90 Å². The Labute approximate surface area is 108 Å². The highest BCUT2D eigenvalue weighted by Crippen LogP contribution is 2.22. The molecule has 1 heterocycles. The van der Waals surface area contributed by atoms with Gasteiger partial charge in [-0.05, 0) is 38.6 Å². The first-order chi connectivity index (χ1) is 8.49. The number of likely N-dealkylation sites (N-methyl/N-ethyl adjacent to an activating group) is 1. The zero-order chi connectivity index (χ0) is 13.3. The second-order valence-corrected chi connectivity index (χ2v) is 5.08. The average Bonchev–Trinajstić information content (AvgIpc) is 2.33. The van der Waals surface area contributed by atoms with E-state index in [1.807, 2.05) is 19.1 Å². The zero-order valence-corrected chi connectivity index (χ0v) is 11.2. The summed E-state index contributed by atoms with van der Waals surface area (Å²) in [5.41, 5.74) is 2.23. The summed E-state index contributed by atoms with van der Waals surface area (Å²) >= 11 is 0. The lowest BCUT2D eigenvalue weighted by Crippen LogP contribution is -2.50. The van der Waals surface area contributed by atoms with Gasteiger partial charge < -0.3 is 14.9 Å². The molecule has 1 aliphatic rings.